The normalized spacial score (nSPS) is 10.6. The molecule has 0 spiro atoms. The van der Waals surface area contributed by atoms with Gasteiger partial charge in [0.25, 0.3) is 5.91 Å². The van der Waals surface area contributed by atoms with Gasteiger partial charge in [0.15, 0.2) is 0 Å². The number of nitrogens with one attached hydrogen (secondary N) is 1. The molecule has 1 rings (SSSR count). The van der Waals surface area contributed by atoms with Crippen molar-refractivity contribution in [3.63, 3.8) is 0 Å². The molecule has 1 amide bonds. The molecule has 0 bridgehead atoms. The zero-order valence-electron chi connectivity index (χ0n) is 12.1. The predicted molar refractivity (Wildman–Crippen MR) is 76.9 cm³/mol. The van der Waals surface area contributed by atoms with Crippen molar-refractivity contribution in [2.24, 2.45) is 0 Å². The lowest BCUT2D eigenvalue weighted by Gasteiger charge is -2.10. The van der Waals surface area contributed by atoms with Crippen LogP contribution < -0.4 is 5.48 Å². The summed E-state index contributed by atoms with van der Waals surface area (Å²) in [6.45, 7) is 1.69. The summed E-state index contributed by atoms with van der Waals surface area (Å²) in [5, 5.41) is 0.482. The number of benzene rings is 1. The number of hydroxylamine groups is 1. The second-order valence-corrected chi connectivity index (χ2v) is 4.45. The third kappa shape index (κ3) is 4.78. The smallest absolute Gasteiger partial charge is 0.376 e. The van der Waals surface area contributed by atoms with E-state index >= 15 is 0 Å². The van der Waals surface area contributed by atoms with Gasteiger partial charge in [-0.15, -0.1) is 0 Å². The van der Waals surface area contributed by atoms with Gasteiger partial charge in [-0.25, -0.2) is 9.59 Å². The summed E-state index contributed by atoms with van der Waals surface area (Å²) in [7, 11) is 2.23. The van der Waals surface area contributed by atoms with E-state index in [-0.39, 0.29) is 0 Å². The number of carbonyl (C=O) groups is 3. The number of halogens is 1. The minimum Gasteiger partial charge on any atom is -0.466 e. The Morgan fingerprint density at radius 1 is 1.18 bits per heavy atom. The molecule has 0 atom stereocenters. The zero-order valence-corrected chi connectivity index (χ0v) is 12.9. The number of hydrogen-bond acceptors (Lipinski definition) is 6. The van der Waals surface area contributed by atoms with Crippen molar-refractivity contribution in [1.29, 1.82) is 0 Å². The molecule has 0 saturated heterocycles. The fourth-order valence-corrected chi connectivity index (χ4v) is 1.66. The predicted octanol–water partition coefficient (Wildman–Crippen LogP) is 1.54. The molecule has 0 fully saturated rings. The summed E-state index contributed by atoms with van der Waals surface area (Å²) < 4.78 is 8.80. The molecule has 1 N–H and O–H groups in total. The van der Waals surface area contributed by atoms with Gasteiger partial charge in [-0.05, 0) is 30.7 Å². The monoisotopic (exact) mass is 327 g/mol. The number of amides is 1. The fraction of sp³-hybridized carbons (Fsp3) is 0.214. The highest BCUT2D eigenvalue weighted by atomic mass is 35.5. The van der Waals surface area contributed by atoms with Crippen LogP contribution in [-0.2, 0) is 23.9 Å². The quantitative estimate of drug-likeness (QED) is 0.382. The van der Waals surface area contributed by atoms with Gasteiger partial charge in [0, 0.05) is 10.6 Å². The summed E-state index contributed by atoms with van der Waals surface area (Å²) in [5.41, 5.74) is 2.96. The Labute approximate surface area is 131 Å². The number of aryl methyl sites for hydroxylation is 1. The highest BCUT2D eigenvalue weighted by Gasteiger charge is 2.17. The molecule has 0 radical (unpaired) electrons. The van der Waals surface area contributed by atoms with Gasteiger partial charge in [-0.3, -0.25) is 4.79 Å². The second kappa shape index (κ2) is 8.04. The van der Waals surface area contributed by atoms with Crippen LogP contribution >= 0.6 is 11.6 Å². The highest BCUT2D eigenvalue weighted by molar-refractivity contribution is 6.30. The number of methoxy groups -OCH3 is 2. The van der Waals surface area contributed by atoms with Crippen LogP contribution in [0.25, 0.3) is 0 Å². The Morgan fingerprint density at radius 2 is 1.86 bits per heavy atom. The lowest BCUT2D eigenvalue weighted by atomic mass is 10.1. The van der Waals surface area contributed by atoms with E-state index < -0.39 is 23.6 Å². The van der Waals surface area contributed by atoms with Gasteiger partial charge in [-0.1, -0.05) is 11.6 Å². The molecule has 0 saturated carbocycles. The molecular weight excluding hydrogens is 314 g/mol. The first kappa shape index (κ1) is 17.5. The summed E-state index contributed by atoms with van der Waals surface area (Å²) in [5.74, 6) is -2.92. The van der Waals surface area contributed by atoms with Gasteiger partial charge >= 0.3 is 11.9 Å². The van der Waals surface area contributed by atoms with Crippen LogP contribution in [0, 0.1) is 6.92 Å². The number of hydrogen-bond donors (Lipinski definition) is 1. The zero-order chi connectivity index (χ0) is 16.7. The summed E-state index contributed by atoms with van der Waals surface area (Å²) in [6.07, 6.45) is 0.751. The van der Waals surface area contributed by atoms with E-state index in [4.69, 9.17) is 16.4 Å². The van der Waals surface area contributed by atoms with Crippen molar-refractivity contribution >= 4 is 29.4 Å². The number of esters is 2. The summed E-state index contributed by atoms with van der Waals surface area (Å²) >= 11 is 5.80. The van der Waals surface area contributed by atoms with Crippen LogP contribution in [0.15, 0.2) is 30.0 Å². The Kier molecular flexibility index (Phi) is 6.40. The first-order valence-electron chi connectivity index (χ1n) is 6.00. The summed E-state index contributed by atoms with van der Waals surface area (Å²) in [6, 6.07) is 4.63. The molecular formula is C14H14ClNO6. The van der Waals surface area contributed by atoms with Gasteiger partial charge in [0.2, 0.25) is 5.76 Å². The second-order valence-electron chi connectivity index (χ2n) is 4.02. The highest BCUT2D eigenvalue weighted by Crippen LogP contribution is 2.15. The third-order valence-corrected chi connectivity index (χ3v) is 2.76. The first-order valence-corrected chi connectivity index (χ1v) is 6.38. The maximum absolute atomic E-state index is 12.0. The molecule has 0 aromatic heterocycles. The molecule has 7 nitrogen and oxygen atoms in total. The van der Waals surface area contributed by atoms with E-state index in [1.807, 2.05) is 5.48 Å². The van der Waals surface area contributed by atoms with Crippen LogP contribution in [0.3, 0.4) is 0 Å². The molecule has 0 unspecified atom stereocenters. The van der Waals surface area contributed by atoms with Crippen molar-refractivity contribution in [3.8, 4) is 0 Å². The van der Waals surface area contributed by atoms with E-state index in [9.17, 15) is 14.4 Å². The standard InChI is InChI=1S/C14H14ClNO6/c1-8-6-9(15)4-5-10(8)13(18)16-22-11(14(19)21-3)7-12(17)20-2/h4-7H,1-3H3,(H,16,18)/b11-7+. The number of ether oxygens (including phenoxy) is 2. The Balaban J connectivity index is 2.84. The average Bonchev–Trinajstić information content (AvgIpc) is 2.49. The van der Waals surface area contributed by atoms with Gasteiger partial charge in [-0.2, -0.15) is 5.48 Å². The SMILES string of the molecule is COC(=O)/C=C(/ONC(=O)c1ccc(Cl)cc1C)C(=O)OC. The summed E-state index contributed by atoms with van der Waals surface area (Å²) in [4.78, 5) is 39.4. The van der Waals surface area contributed by atoms with Gasteiger partial charge < -0.3 is 14.3 Å². The topological polar surface area (TPSA) is 90.9 Å². The van der Waals surface area contributed by atoms with Crippen molar-refractivity contribution in [2.75, 3.05) is 14.2 Å². The average molecular weight is 328 g/mol. The number of carbonyl (C=O) groups excluding carboxylic acids is 3. The number of rotatable bonds is 5. The molecule has 118 valence electrons. The van der Waals surface area contributed by atoms with Crippen LogP contribution in [0.5, 0.6) is 0 Å². The van der Waals surface area contributed by atoms with Gasteiger partial charge in [0.1, 0.15) is 0 Å². The maximum atomic E-state index is 12.0. The Morgan fingerprint density at radius 3 is 2.41 bits per heavy atom. The molecule has 1 aromatic rings. The van der Waals surface area contributed by atoms with Crippen molar-refractivity contribution in [3.05, 3.63) is 46.2 Å². The molecule has 0 aliphatic rings. The van der Waals surface area contributed by atoms with E-state index in [0.717, 1.165) is 20.3 Å². The van der Waals surface area contributed by atoms with E-state index in [1.165, 1.54) is 12.1 Å². The lowest BCUT2D eigenvalue weighted by molar-refractivity contribution is -0.143. The van der Waals surface area contributed by atoms with Crippen LogP contribution in [0.4, 0.5) is 0 Å². The molecule has 22 heavy (non-hydrogen) atoms. The largest absolute Gasteiger partial charge is 0.466 e. The van der Waals surface area contributed by atoms with Crippen LogP contribution in [-0.4, -0.2) is 32.1 Å². The molecule has 8 heteroatoms. The van der Waals surface area contributed by atoms with E-state index in [2.05, 4.69) is 9.47 Å². The van der Waals surface area contributed by atoms with Crippen molar-refractivity contribution in [2.45, 2.75) is 6.92 Å². The molecule has 0 aliphatic carbocycles. The van der Waals surface area contributed by atoms with Crippen molar-refractivity contribution in [1.82, 2.24) is 5.48 Å². The fourth-order valence-electron chi connectivity index (χ4n) is 1.43. The minimum absolute atomic E-state index is 0.298. The van der Waals surface area contributed by atoms with Gasteiger partial charge in [0.05, 0.1) is 20.3 Å². The third-order valence-electron chi connectivity index (χ3n) is 2.52. The first-order chi connectivity index (χ1) is 10.4. The van der Waals surface area contributed by atoms with Crippen LogP contribution in [0.1, 0.15) is 15.9 Å². The van der Waals surface area contributed by atoms with E-state index in [0.29, 0.717) is 16.1 Å². The molecule has 0 aliphatic heterocycles. The Hall–Kier alpha value is -2.54. The molecule has 0 heterocycles. The minimum atomic E-state index is -0.946. The van der Waals surface area contributed by atoms with Crippen LogP contribution in [0.2, 0.25) is 5.02 Å². The Bertz CT molecular complexity index is 626. The lowest BCUT2D eigenvalue weighted by Crippen LogP contribution is -2.27. The van der Waals surface area contributed by atoms with Crippen molar-refractivity contribution < 1.29 is 28.7 Å². The van der Waals surface area contributed by atoms with E-state index in [1.54, 1.807) is 13.0 Å². The maximum Gasteiger partial charge on any atom is 0.376 e. The molecule has 1 aromatic carbocycles.